The highest BCUT2D eigenvalue weighted by Crippen LogP contribution is 2.37. The van der Waals surface area contributed by atoms with Gasteiger partial charge < -0.3 is 24.6 Å². The average Bonchev–Trinajstić information content (AvgIpc) is 3.02. The predicted octanol–water partition coefficient (Wildman–Crippen LogP) is 5.40. The highest BCUT2D eigenvalue weighted by Gasteiger charge is 2.46. The lowest BCUT2D eigenvalue weighted by Gasteiger charge is -2.38. The van der Waals surface area contributed by atoms with Gasteiger partial charge in [0.1, 0.15) is 29.3 Å². The molecule has 2 aromatic carbocycles. The number of nitrogens with zero attached hydrogens (tertiary/aromatic N) is 3. The second-order valence-electron chi connectivity index (χ2n) is 11.3. The van der Waals surface area contributed by atoms with E-state index < -0.39 is 83.3 Å². The molecular formula is C32H26F8N4O5. The third-order valence-corrected chi connectivity index (χ3v) is 8.19. The fourth-order valence-electron chi connectivity index (χ4n) is 5.81. The first-order valence-electron chi connectivity index (χ1n) is 14.5. The van der Waals surface area contributed by atoms with Crippen LogP contribution in [0.3, 0.4) is 0 Å². The molecule has 2 unspecified atom stereocenters. The van der Waals surface area contributed by atoms with Crippen molar-refractivity contribution in [3.8, 4) is 11.1 Å². The normalized spacial score (nSPS) is 16.1. The van der Waals surface area contributed by atoms with Crippen LogP contribution in [-0.4, -0.2) is 64.6 Å². The zero-order chi connectivity index (χ0) is 36.0. The van der Waals surface area contributed by atoms with E-state index in [0.29, 0.717) is 23.2 Å². The number of hydrogen-bond acceptors (Lipinski definition) is 6. The van der Waals surface area contributed by atoms with Crippen LogP contribution in [-0.2, 0) is 29.2 Å². The molecule has 5 rings (SSSR count). The molecule has 1 aliphatic heterocycles. The molecule has 17 heteroatoms. The number of rotatable bonds is 7. The summed E-state index contributed by atoms with van der Waals surface area (Å²) in [5, 5.41) is 12.1. The Balaban J connectivity index is 1.48. The van der Waals surface area contributed by atoms with Crippen molar-refractivity contribution in [3.63, 3.8) is 0 Å². The number of nitrogens with one attached hydrogen (secondary N) is 1. The lowest BCUT2D eigenvalue weighted by Crippen LogP contribution is -2.53. The lowest BCUT2D eigenvalue weighted by molar-refractivity contribution is -0.167. The number of halogens is 8. The van der Waals surface area contributed by atoms with Gasteiger partial charge in [-0.3, -0.25) is 14.6 Å². The van der Waals surface area contributed by atoms with Gasteiger partial charge in [-0.1, -0.05) is 18.2 Å². The molecule has 49 heavy (non-hydrogen) atoms. The molecule has 1 amide bonds. The molecule has 4 aromatic rings. The molecule has 0 bridgehead atoms. The van der Waals surface area contributed by atoms with Crippen LogP contribution in [0.1, 0.15) is 27.0 Å². The van der Waals surface area contributed by atoms with Gasteiger partial charge in [-0.15, -0.1) is 0 Å². The van der Waals surface area contributed by atoms with Gasteiger partial charge in [0.25, 0.3) is 11.5 Å². The molecule has 9 nitrogen and oxygen atoms in total. The van der Waals surface area contributed by atoms with Crippen molar-refractivity contribution in [2.24, 2.45) is 7.05 Å². The Morgan fingerprint density at radius 3 is 2.39 bits per heavy atom. The van der Waals surface area contributed by atoms with E-state index in [0.717, 1.165) is 18.5 Å². The fourth-order valence-corrected chi connectivity index (χ4v) is 5.81. The van der Waals surface area contributed by atoms with Gasteiger partial charge in [0.2, 0.25) is 0 Å². The fraction of sp³-hybridized carbons (Fsp3) is 0.312. The van der Waals surface area contributed by atoms with Crippen molar-refractivity contribution in [1.82, 2.24) is 14.9 Å². The Labute approximate surface area is 271 Å². The van der Waals surface area contributed by atoms with Gasteiger partial charge >= 0.3 is 18.3 Å². The van der Waals surface area contributed by atoms with Crippen molar-refractivity contribution >= 4 is 28.5 Å². The first kappa shape index (κ1) is 35.3. The summed E-state index contributed by atoms with van der Waals surface area (Å²) < 4.78 is 118. The molecule has 0 spiro atoms. The van der Waals surface area contributed by atoms with Crippen LogP contribution in [0, 0.1) is 18.6 Å². The first-order valence-corrected chi connectivity index (χ1v) is 14.5. The van der Waals surface area contributed by atoms with E-state index in [9.17, 15) is 45.8 Å². The average molecular weight is 699 g/mol. The van der Waals surface area contributed by atoms with Crippen molar-refractivity contribution in [2.75, 3.05) is 24.7 Å². The minimum absolute atomic E-state index is 0.0247. The van der Waals surface area contributed by atoms with Crippen molar-refractivity contribution in [1.29, 1.82) is 0 Å². The number of amides is 1. The molecular weight excluding hydrogens is 672 g/mol. The smallest absolute Gasteiger partial charge is 0.418 e. The van der Waals surface area contributed by atoms with Crippen LogP contribution in [0.5, 0.6) is 0 Å². The zero-order valence-electron chi connectivity index (χ0n) is 25.5. The van der Waals surface area contributed by atoms with E-state index in [1.165, 1.54) is 30.5 Å². The van der Waals surface area contributed by atoms with E-state index >= 15 is 8.78 Å². The molecule has 1 aliphatic rings. The number of carboxylic acid groups (broad SMARTS) is 1. The van der Waals surface area contributed by atoms with Crippen LogP contribution in [0.25, 0.3) is 22.0 Å². The number of carbonyl (C=O) groups excluding carboxylic acids is 1. The van der Waals surface area contributed by atoms with Crippen molar-refractivity contribution in [2.45, 2.75) is 37.8 Å². The Hall–Kier alpha value is -5.06. The highest BCUT2D eigenvalue weighted by molar-refractivity contribution is 5.99. The number of morpholine rings is 1. The summed E-state index contributed by atoms with van der Waals surface area (Å²) in [7, 11) is 1.16. The summed E-state index contributed by atoms with van der Waals surface area (Å²) in [6.07, 6.45) is -8.11. The summed E-state index contributed by atoms with van der Waals surface area (Å²) in [5.41, 5.74) is -3.92. The Morgan fingerprint density at radius 2 is 1.78 bits per heavy atom. The van der Waals surface area contributed by atoms with Crippen LogP contribution >= 0.6 is 0 Å². The minimum atomic E-state index is -4.79. The topological polar surface area (TPSA) is 114 Å². The number of alkyl halides is 6. The Bertz CT molecular complexity index is 1990. The SMILES string of the molecule is Cc1c(C(F)(F)F)cn(C)c(=O)c1-c1ccc(CC(NC(=O)c2c(F)cc(N3CCOCC3C(F)(F)F)cc2F)C(=O)O)c2cccnc12. The molecule has 0 aliphatic carbocycles. The Kier molecular flexibility index (Phi) is 9.42. The third kappa shape index (κ3) is 6.93. The zero-order valence-corrected chi connectivity index (χ0v) is 25.5. The molecule has 1 saturated heterocycles. The molecule has 3 heterocycles. The summed E-state index contributed by atoms with van der Waals surface area (Å²) in [5.74, 6) is -6.22. The van der Waals surface area contributed by atoms with Crippen LogP contribution in [0.2, 0.25) is 0 Å². The number of pyridine rings is 2. The number of aryl methyl sites for hydroxylation is 1. The molecule has 260 valence electrons. The van der Waals surface area contributed by atoms with E-state index in [1.54, 1.807) is 0 Å². The molecule has 0 radical (unpaired) electrons. The van der Waals surface area contributed by atoms with E-state index in [-0.39, 0.29) is 46.3 Å². The van der Waals surface area contributed by atoms with Gasteiger partial charge in [-0.05, 0) is 36.2 Å². The number of fused-ring (bicyclic) bond motifs is 1. The molecule has 2 N–H and O–H groups in total. The second-order valence-corrected chi connectivity index (χ2v) is 11.3. The number of carboxylic acids is 1. The summed E-state index contributed by atoms with van der Waals surface area (Å²) in [6.45, 7) is -0.145. The number of benzene rings is 2. The van der Waals surface area contributed by atoms with Crippen LogP contribution < -0.4 is 15.8 Å². The first-order chi connectivity index (χ1) is 22.9. The number of anilines is 1. The van der Waals surface area contributed by atoms with E-state index in [4.69, 9.17) is 4.74 Å². The molecule has 0 saturated carbocycles. The van der Waals surface area contributed by atoms with Crippen LogP contribution in [0.15, 0.2) is 53.6 Å². The summed E-state index contributed by atoms with van der Waals surface area (Å²) in [4.78, 5) is 43.2. The number of hydrogen-bond donors (Lipinski definition) is 2. The van der Waals surface area contributed by atoms with Gasteiger partial charge in [0.05, 0.1) is 29.9 Å². The molecule has 2 aromatic heterocycles. The summed E-state index contributed by atoms with van der Waals surface area (Å²) in [6, 6.07) is 2.58. The monoisotopic (exact) mass is 698 g/mol. The number of aliphatic carboxylic acids is 1. The van der Waals surface area contributed by atoms with Gasteiger partial charge in [-0.25, -0.2) is 13.6 Å². The van der Waals surface area contributed by atoms with Crippen LogP contribution in [0.4, 0.5) is 40.8 Å². The highest BCUT2D eigenvalue weighted by atomic mass is 19.4. The third-order valence-electron chi connectivity index (χ3n) is 8.19. The van der Waals surface area contributed by atoms with Gasteiger partial charge in [0, 0.05) is 49.0 Å². The molecule has 1 fully saturated rings. The largest absolute Gasteiger partial charge is 0.480 e. The molecule has 2 atom stereocenters. The van der Waals surface area contributed by atoms with Gasteiger partial charge in [0.15, 0.2) is 0 Å². The van der Waals surface area contributed by atoms with Crippen molar-refractivity contribution in [3.05, 3.63) is 93.0 Å². The second kappa shape index (κ2) is 13.1. The Morgan fingerprint density at radius 1 is 1.10 bits per heavy atom. The number of ether oxygens (including phenoxy) is 1. The van der Waals surface area contributed by atoms with E-state index in [1.807, 2.05) is 5.32 Å². The standard InChI is InChI=1S/C32H26F8N4O5/c1-15-20(31(35,36)37)13-43(2)29(46)25(15)19-6-5-16(18-4-3-7-41-27(18)19)10-23(30(47)48)42-28(45)26-21(33)11-17(12-22(26)34)44-8-9-49-14-24(44)32(38,39)40/h3-7,11-13,23-24H,8-10,14H2,1-2H3,(H,42,45)(H,47,48). The quantitative estimate of drug-likeness (QED) is 0.249. The maximum Gasteiger partial charge on any atom is 0.418 e. The van der Waals surface area contributed by atoms with Crippen molar-refractivity contribution < 1.29 is 54.6 Å². The lowest BCUT2D eigenvalue weighted by atomic mass is 9.92. The van der Waals surface area contributed by atoms with Gasteiger partial charge in [-0.2, -0.15) is 26.3 Å². The summed E-state index contributed by atoms with van der Waals surface area (Å²) >= 11 is 0. The minimum Gasteiger partial charge on any atom is -0.480 e. The number of aromatic nitrogens is 2. The maximum absolute atomic E-state index is 15.1. The number of carbonyl (C=O) groups is 2. The maximum atomic E-state index is 15.1. The predicted molar refractivity (Wildman–Crippen MR) is 159 cm³/mol. The van der Waals surface area contributed by atoms with E-state index in [2.05, 4.69) is 4.98 Å².